The summed E-state index contributed by atoms with van der Waals surface area (Å²) in [6.45, 7) is 25.6. The zero-order valence-corrected chi connectivity index (χ0v) is 35.5. The van der Waals surface area contributed by atoms with Gasteiger partial charge in [0, 0.05) is 23.0 Å². The minimum atomic E-state index is -0.266. The van der Waals surface area contributed by atoms with Crippen LogP contribution in [0.2, 0.25) is 0 Å². The second-order valence-electron chi connectivity index (χ2n) is 18.2. The lowest BCUT2D eigenvalue weighted by atomic mass is 9.72. The van der Waals surface area contributed by atoms with E-state index in [2.05, 4.69) is 66.9 Å². The molecular formula is C48H70NO7+. The summed E-state index contributed by atoms with van der Waals surface area (Å²) < 4.78 is 0. The lowest BCUT2D eigenvalue weighted by molar-refractivity contribution is -0.981. The normalized spacial score (nSPS) is 20.2. The third-order valence-corrected chi connectivity index (χ3v) is 12.5. The van der Waals surface area contributed by atoms with E-state index >= 15 is 0 Å². The lowest BCUT2D eigenvalue weighted by Crippen LogP contribution is -2.19. The largest absolute Gasteiger partial charge is 0.507 e. The number of allylic oxidation sites excluding steroid dienone is 6. The number of hydrogen-bond acceptors (Lipinski definition) is 7. The Kier molecular flexibility index (Phi) is 15.3. The topological polar surface area (TPSA) is 119 Å². The lowest BCUT2D eigenvalue weighted by Gasteiger charge is -2.32. The molecule has 2 aliphatic rings. The highest BCUT2D eigenvalue weighted by atomic mass is 17.0. The Morgan fingerprint density at radius 2 is 0.982 bits per heavy atom. The fraction of sp³-hybridized carbons (Fsp3) is 0.583. The van der Waals surface area contributed by atoms with Crippen LogP contribution in [0.25, 0.3) is 0 Å². The van der Waals surface area contributed by atoms with E-state index in [0.29, 0.717) is 24.0 Å². The Morgan fingerprint density at radius 1 is 0.643 bits per heavy atom. The summed E-state index contributed by atoms with van der Waals surface area (Å²) >= 11 is 0. The highest BCUT2D eigenvalue weighted by Gasteiger charge is 2.33. The van der Waals surface area contributed by atoms with Crippen molar-refractivity contribution >= 4 is 0 Å². The fourth-order valence-corrected chi connectivity index (χ4v) is 8.82. The van der Waals surface area contributed by atoms with E-state index in [0.717, 1.165) is 86.5 Å². The molecule has 4 atom stereocenters. The van der Waals surface area contributed by atoms with Gasteiger partial charge in [0.25, 0.3) is 0 Å². The van der Waals surface area contributed by atoms with Gasteiger partial charge in [-0.25, -0.2) is 0 Å². The van der Waals surface area contributed by atoms with Gasteiger partial charge in [-0.2, -0.15) is 9.68 Å². The van der Waals surface area contributed by atoms with Crippen molar-refractivity contribution in [2.24, 2.45) is 11.8 Å². The number of nitrogens with zero attached hydrogens (tertiary/aromatic N) is 1. The number of phenols is 4. The van der Waals surface area contributed by atoms with E-state index in [4.69, 9.17) is 9.68 Å². The Hall–Kier alpha value is -4.20. The Bertz CT molecular complexity index is 1610. The number of unbranched alkanes of at least 4 members (excludes halogenated alkanes) is 4. The maximum atomic E-state index is 12.1. The van der Waals surface area contributed by atoms with Gasteiger partial charge >= 0.3 is 5.09 Å². The van der Waals surface area contributed by atoms with Gasteiger partial charge in [0.15, 0.2) is 13.2 Å². The molecule has 0 heterocycles. The molecule has 0 amide bonds. The van der Waals surface area contributed by atoms with Crippen LogP contribution >= 0.6 is 0 Å². The summed E-state index contributed by atoms with van der Waals surface area (Å²) in [5.74, 6) is 0.713. The maximum absolute atomic E-state index is 12.1. The van der Waals surface area contributed by atoms with Crippen LogP contribution in [0, 0.1) is 16.7 Å². The van der Waals surface area contributed by atoms with Gasteiger partial charge in [-0.05, 0) is 150 Å². The molecule has 4 rings (SSSR count). The summed E-state index contributed by atoms with van der Waals surface area (Å²) in [6.07, 6.45) is 14.9. The van der Waals surface area contributed by atoms with Gasteiger partial charge in [0.05, 0.1) is 0 Å². The minimum Gasteiger partial charge on any atom is -0.507 e. The van der Waals surface area contributed by atoms with E-state index in [9.17, 15) is 25.3 Å². The summed E-state index contributed by atoms with van der Waals surface area (Å²) in [5.41, 5.74) is 7.09. The highest BCUT2D eigenvalue weighted by Crippen LogP contribution is 2.49. The number of benzene rings is 2. The average molecular weight is 773 g/mol. The number of hydrogen-bond donors (Lipinski definition) is 4. The van der Waals surface area contributed by atoms with E-state index in [1.54, 1.807) is 0 Å². The van der Waals surface area contributed by atoms with Gasteiger partial charge in [0.2, 0.25) is 0 Å². The predicted octanol–water partition coefficient (Wildman–Crippen LogP) is 12.6. The van der Waals surface area contributed by atoms with Crippen molar-refractivity contribution in [1.82, 2.24) is 0 Å². The third kappa shape index (κ3) is 11.4. The first kappa shape index (κ1) is 44.5. The molecule has 0 spiro atoms. The van der Waals surface area contributed by atoms with Gasteiger partial charge in [-0.1, -0.05) is 88.1 Å². The van der Waals surface area contributed by atoms with Gasteiger partial charge in [-0.3, -0.25) is 0 Å². The third-order valence-electron chi connectivity index (χ3n) is 12.5. The van der Waals surface area contributed by atoms with Gasteiger partial charge in [0.1, 0.15) is 27.9 Å². The number of aromatic hydroxyl groups is 4. The second kappa shape index (κ2) is 19.3. The molecule has 2 aromatic rings. The molecular weight excluding hydrogens is 703 g/mol. The molecule has 0 bridgehead atoms. The first-order valence-corrected chi connectivity index (χ1v) is 20.8. The van der Waals surface area contributed by atoms with Crippen LogP contribution in [-0.4, -0.2) is 38.7 Å². The van der Waals surface area contributed by atoms with Crippen molar-refractivity contribution in [3.05, 3.63) is 99.0 Å². The van der Waals surface area contributed by atoms with E-state index in [-0.39, 0.29) is 75.8 Å². The quantitative estimate of drug-likeness (QED) is 0.0601. The van der Waals surface area contributed by atoms with Crippen LogP contribution in [0.5, 0.6) is 23.0 Å². The molecule has 0 aliphatic heterocycles. The summed E-state index contributed by atoms with van der Waals surface area (Å²) in [6, 6.07) is 7.24. The average Bonchev–Trinajstić information content (AvgIpc) is 3.10. The summed E-state index contributed by atoms with van der Waals surface area (Å²) in [4.78, 5) is 22.6. The Morgan fingerprint density at radius 3 is 1.30 bits per heavy atom. The van der Waals surface area contributed by atoms with Crippen LogP contribution in [0.3, 0.4) is 0 Å². The van der Waals surface area contributed by atoms with Gasteiger partial charge in [-0.15, -0.1) is 0 Å². The van der Waals surface area contributed by atoms with Crippen LogP contribution in [-0.2, 0) is 20.5 Å². The fourth-order valence-electron chi connectivity index (χ4n) is 8.82. The molecule has 0 aromatic heterocycles. The molecule has 2 aliphatic carbocycles. The Labute approximate surface area is 336 Å². The van der Waals surface area contributed by atoms with Crippen molar-refractivity contribution in [1.29, 1.82) is 0 Å². The SMILES string of the molecule is C=C(C)[C@H]1CCC(C)=C[C@@H]1c1c(O)cc(C(C)(C)CCCCCO[N+](=O)OCCCCCC(C)(C)c2cc(O)c([C@H]3C=C(C)CC[C@@H]3C(=C)C)c(O)c2)cc1O. The number of phenolic OH excluding ortho intramolecular Hbond substituents is 4. The molecule has 2 aromatic carbocycles. The van der Waals surface area contributed by atoms with Crippen molar-refractivity contribution in [3.8, 4) is 23.0 Å². The summed E-state index contributed by atoms with van der Waals surface area (Å²) in [5, 5.41) is 44.7. The van der Waals surface area contributed by atoms with E-state index in [1.807, 2.05) is 38.1 Å². The van der Waals surface area contributed by atoms with Crippen molar-refractivity contribution in [3.63, 3.8) is 0 Å². The zero-order chi connectivity index (χ0) is 41.4. The maximum Gasteiger partial charge on any atom is 0.477 e. The highest BCUT2D eigenvalue weighted by molar-refractivity contribution is 5.54. The van der Waals surface area contributed by atoms with E-state index in [1.165, 1.54) is 11.1 Å². The minimum absolute atomic E-state index is 0.0897. The standard InChI is InChI=1S/C48H69NO7/c1-31(2)37-19-17-33(5)25-39(37)45-41(50)27-35(28-42(45)51)47(7,8)21-13-11-15-23-55-49(54)56-24-16-12-14-22-48(9,10)36-29-43(52)46(44(53)30-36)40-26-34(6)18-20-38(40)32(3)4/h25-30,37-40H,1,3,11-24H2,2,4-10H3,(H3-,50,51,52,53)/p+1/t37-,38-,39+,40+/m1/s1. The van der Waals surface area contributed by atoms with Crippen molar-refractivity contribution in [2.45, 2.75) is 155 Å². The van der Waals surface area contributed by atoms with E-state index < -0.39 is 0 Å². The van der Waals surface area contributed by atoms with Crippen LogP contribution in [0.1, 0.15) is 167 Å². The van der Waals surface area contributed by atoms with Crippen molar-refractivity contribution < 1.29 is 35.2 Å². The monoisotopic (exact) mass is 773 g/mol. The molecule has 0 unspecified atom stereocenters. The first-order valence-electron chi connectivity index (χ1n) is 20.8. The van der Waals surface area contributed by atoms with Gasteiger partial charge < -0.3 is 20.4 Å². The molecule has 0 fully saturated rings. The Balaban J connectivity index is 1.14. The molecule has 8 nitrogen and oxygen atoms in total. The van der Waals surface area contributed by atoms with Crippen LogP contribution in [0.15, 0.2) is 71.9 Å². The molecule has 8 heteroatoms. The predicted molar refractivity (Wildman–Crippen MR) is 226 cm³/mol. The molecule has 0 saturated heterocycles. The summed E-state index contributed by atoms with van der Waals surface area (Å²) in [7, 11) is 0. The molecule has 4 N–H and O–H groups in total. The smallest absolute Gasteiger partial charge is 0.477 e. The van der Waals surface area contributed by atoms with Crippen LogP contribution < -0.4 is 0 Å². The first-order chi connectivity index (χ1) is 26.3. The molecule has 0 saturated carbocycles. The zero-order valence-electron chi connectivity index (χ0n) is 35.5. The molecule has 0 radical (unpaired) electrons. The molecule has 56 heavy (non-hydrogen) atoms. The number of rotatable bonds is 20. The second-order valence-corrected chi connectivity index (χ2v) is 18.2. The molecule has 308 valence electrons. The van der Waals surface area contributed by atoms with Crippen LogP contribution in [0.4, 0.5) is 0 Å². The van der Waals surface area contributed by atoms with Crippen molar-refractivity contribution in [2.75, 3.05) is 13.2 Å².